The minimum atomic E-state index is -1.49. The number of urea groups is 1. The molecule has 0 fully saturated rings. The smallest absolute Gasteiger partial charge is 0.317 e. The molecule has 0 saturated carbocycles. The summed E-state index contributed by atoms with van der Waals surface area (Å²) in [6.07, 6.45) is -0.445. The maximum atomic E-state index is 11.5. The van der Waals surface area contributed by atoms with E-state index in [2.05, 4.69) is 5.32 Å². The van der Waals surface area contributed by atoms with Crippen LogP contribution >= 0.6 is 0 Å². The van der Waals surface area contributed by atoms with Crippen LogP contribution in [0.2, 0.25) is 0 Å². The summed E-state index contributed by atoms with van der Waals surface area (Å²) in [6, 6.07) is -0.438. The summed E-state index contributed by atoms with van der Waals surface area (Å²) in [7, 11) is 0. The van der Waals surface area contributed by atoms with E-state index in [9.17, 15) is 14.7 Å². The number of nitrogens with one attached hydrogen (secondary N) is 1. The molecule has 0 saturated heterocycles. The third kappa shape index (κ3) is 6.75. The minimum Gasteiger partial charge on any atom is -0.481 e. The second kappa shape index (κ2) is 7.08. The van der Waals surface area contributed by atoms with Crippen molar-refractivity contribution in [2.75, 3.05) is 26.2 Å². The molecule has 0 bridgehead atoms. The van der Waals surface area contributed by atoms with Crippen molar-refractivity contribution >= 4 is 12.0 Å². The molecule has 0 rings (SSSR count). The van der Waals surface area contributed by atoms with Gasteiger partial charge in [0, 0.05) is 19.6 Å². The molecule has 0 aromatic rings. The van der Waals surface area contributed by atoms with Gasteiger partial charge < -0.3 is 25.5 Å². The molecule has 1 atom stereocenters. The average Bonchev–Trinajstić information content (AvgIpc) is 2.21. The molecule has 0 aliphatic rings. The molecule has 4 N–H and O–H groups in total. The number of carboxylic acids is 1. The summed E-state index contributed by atoms with van der Waals surface area (Å²) in [5, 5.41) is 29.3. The Bertz CT molecular complexity index is 267. The molecule has 7 heteroatoms. The van der Waals surface area contributed by atoms with Gasteiger partial charge in [0.1, 0.15) is 0 Å². The van der Waals surface area contributed by atoms with Crippen molar-refractivity contribution in [3.05, 3.63) is 0 Å². The molecule has 2 amide bonds. The number of rotatable bonds is 7. The number of nitrogens with zero attached hydrogens (tertiary/aromatic N) is 1. The van der Waals surface area contributed by atoms with Crippen molar-refractivity contribution in [3.8, 4) is 0 Å². The normalized spacial score (nSPS) is 13.9. The Labute approximate surface area is 100 Å². The van der Waals surface area contributed by atoms with Crippen LogP contribution in [0.3, 0.4) is 0 Å². The minimum absolute atomic E-state index is 0.146. The quantitative estimate of drug-likeness (QED) is 0.473. The Hall–Kier alpha value is -1.34. The summed E-state index contributed by atoms with van der Waals surface area (Å²) in [5.74, 6) is -1.13. The highest BCUT2D eigenvalue weighted by Crippen LogP contribution is 2.07. The van der Waals surface area contributed by atoms with Gasteiger partial charge in [-0.15, -0.1) is 0 Å². The zero-order valence-electron chi connectivity index (χ0n) is 10.1. The third-order valence-corrected chi connectivity index (χ3v) is 2.19. The van der Waals surface area contributed by atoms with Gasteiger partial charge in [0.25, 0.3) is 0 Å². The fourth-order valence-electron chi connectivity index (χ4n) is 1.29. The van der Waals surface area contributed by atoms with Gasteiger partial charge in [-0.25, -0.2) is 4.79 Å². The van der Waals surface area contributed by atoms with Crippen LogP contribution in [0, 0.1) is 0 Å². The molecule has 7 nitrogen and oxygen atoms in total. The fourth-order valence-corrected chi connectivity index (χ4v) is 1.29. The second-order valence-electron chi connectivity index (χ2n) is 4.03. The van der Waals surface area contributed by atoms with Crippen LogP contribution in [0.5, 0.6) is 0 Å². The monoisotopic (exact) mass is 248 g/mol. The first-order valence-electron chi connectivity index (χ1n) is 5.40. The lowest BCUT2D eigenvalue weighted by atomic mass is 10.0. The lowest BCUT2D eigenvalue weighted by Crippen LogP contribution is -2.48. The lowest BCUT2D eigenvalue weighted by molar-refractivity contribution is -0.141. The molecule has 0 aliphatic heterocycles. The molecule has 100 valence electrons. The van der Waals surface area contributed by atoms with E-state index in [-0.39, 0.29) is 19.7 Å². The van der Waals surface area contributed by atoms with Crippen molar-refractivity contribution < 1.29 is 24.9 Å². The van der Waals surface area contributed by atoms with Crippen molar-refractivity contribution in [2.24, 2.45) is 0 Å². The van der Waals surface area contributed by atoms with Crippen molar-refractivity contribution in [2.45, 2.75) is 25.9 Å². The van der Waals surface area contributed by atoms with E-state index < -0.39 is 24.0 Å². The number of carbonyl (C=O) groups is 2. The number of hydrogen-bond acceptors (Lipinski definition) is 4. The van der Waals surface area contributed by atoms with E-state index in [1.807, 2.05) is 0 Å². The number of carboxylic acid groups (broad SMARTS) is 1. The fraction of sp³-hybridized carbons (Fsp3) is 0.800. The highest BCUT2D eigenvalue weighted by atomic mass is 16.4. The Morgan fingerprint density at radius 1 is 1.41 bits per heavy atom. The summed E-state index contributed by atoms with van der Waals surface area (Å²) in [4.78, 5) is 23.3. The molecule has 0 aliphatic carbocycles. The Morgan fingerprint density at radius 3 is 2.41 bits per heavy atom. The van der Waals surface area contributed by atoms with Gasteiger partial charge in [-0.1, -0.05) is 0 Å². The summed E-state index contributed by atoms with van der Waals surface area (Å²) in [5.41, 5.74) is -1.49. The second-order valence-corrected chi connectivity index (χ2v) is 4.03. The summed E-state index contributed by atoms with van der Waals surface area (Å²) >= 11 is 0. The Kier molecular flexibility index (Phi) is 6.52. The van der Waals surface area contributed by atoms with Gasteiger partial charge in [-0.2, -0.15) is 0 Å². The summed E-state index contributed by atoms with van der Waals surface area (Å²) < 4.78 is 0. The van der Waals surface area contributed by atoms with E-state index >= 15 is 0 Å². The number of likely N-dealkylation sites (N-methyl/N-ethyl adjacent to an activating group) is 1. The standard InChI is InChI=1S/C10H20N2O5/c1-3-12(4-5-13)9(16)11-7-10(2,17)6-8(14)15/h13,17H,3-7H2,1-2H3,(H,11,16)(H,14,15). The first-order chi connectivity index (χ1) is 7.82. The van der Waals surface area contributed by atoms with Gasteiger partial charge in [-0.05, 0) is 13.8 Å². The predicted octanol–water partition coefficient (Wildman–Crippen LogP) is -0.764. The molecule has 0 radical (unpaired) electrons. The van der Waals surface area contributed by atoms with Crippen molar-refractivity contribution in [1.82, 2.24) is 10.2 Å². The van der Waals surface area contributed by atoms with E-state index in [4.69, 9.17) is 10.2 Å². The number of carbonyl (C=O) groups excluding carboxylic acids is 1. The van der Waals surface area contributed by atoms with Crippen LogP contribution in [0.25, 0.3) is 0 Å². The number of amides is 2. The molecule has 17 heavy (non-hydrogen) atoms. The van der Waals surface area contributed by atoms with Gasteiger partial charge in [0.05, 0.1) is 18.6 Å². The number of aliphatic hydroxyl groups is 2. The van der Waals surface area contributed by atoms with E-state index in [0.29, 0.717) is 6.54 Å². The third-order valence-electron chi connectivity index (χ3n) is 2.19. The predicted molar refractivity (Wildman–Crippen MR) is 60.6 cm³/mol. The number of aliphatic hydroxyl groups excluding tert-OH is 1. The zero-order valence-corrected chi connectivity index (χ0v) is 10.1. The van der Waals surface area contributed by atoms with Crippen LogP contribution in [0.15, 0.2) is 0 Å². The van der Waals surface area contributed by atoms with Gasteiger partial charge in [0.15, 0.2) is 0 Å². The Balaban J connectivity index is 4.17. The maximum Gasteiger partial charge on any atom is 0.317 e. The van der Waals surface area contributed by atoms with Crippen LogP contribution in [-0.4, -0.2) is 64.1 Å². The average molecular weight is 248 g/mol. The lowest BCUT2D eigenvalue weighted by Gasteiger charge is -2.25. The first kappa shape index (κ1) is 15.7. The van der Waals surface area contributed by atoms with Gasteiger partial charge in [-0.3, -0.25) is 4.79 Å². The van der Waals surface area contributed by atoms with E-state index in [1.54, 1.807) is 6.92 Å². The molecule has 0 heterocycles. The SMILES string of the molecule is CCN(CCO)C(=O)NCC(C)(O)CC(=O)O. The first-order valence-corrected chi connectivity index (χ1v) is 5.40. The number of aliphatic carboxylic acids is 1. The van der Waals surface area contributed by atoms with Crippen LogP contribution in [-0.2, 0) is 4.79 Å². The van der Waals surface area contributed by atoms with Gasteiger partial charge in [0.2, 0.25) is 0 Å². The maximum absolute atomic E-state index is 11.5. The molecule has 0 aromatic heterocycles. The largest absolute Gasteiger partial charge is 0.481 e. The van der Waals surface area contributed by atoms with Crippen LogP contribution < -0.4 is 5.32 Å². The molecular weight excluding hydrogens is 228 g/mol. The van der Waals surface area contributed by atoms with Crippen molar-refractivity contribution in [1.29, 1.82) is 0 Å². The highest BCUT2D eigenvalue weighted by molar-refractivity contribution is 5.74. The number of hydrogen-bond donors (Lipinski definition) is 4. The summed E-state index contributed by atoms with van der Waals surface area (Å²) in [6.45, 7) is 3.41. The molecule has 1 unspecified atom stereocenters. The Morgan fingerprint density at radius 2 is 2.00 bits per heavy atom. The van der Waals surface area contributed by atoms with Gasteiger partial charge >= 0.3 is 12.0 Å². The van der Waals surface area contributed by atoms with Crippen LogP contribution in [0.4, 0.5) is 4.79 Å². The molecular formula is C10H20N2O5. The highest BCUT2D eigenvalue weighted by Gasteiger charge is 2.25. The van der Waals surface area contributed by atoms with Crippen molar-refractivity contribution in [3.63, 3.8) is 0 Å². The van der Waals surface area contributed by atoms with Crippen LogP contribution in [0.1, 0.15) is 20.3 Å². The molecule has 0 aromatic carbocycles. The zero-order chi connectivity index (χ0) is 13.5. The van der Waals surface area contributed by atoms with E-state index in [1.165, 1.54) is 11.8 Å². The molecule has 0 spiro atoms. The van der Waals surface area contributed by atoms with E-state index in [0.717, 1.165) is 0 Å². The topological polar surface area (TPSA) is 110 Å².